The highest BCUT2D eigenvalue weighted by Crippen LogP contribution is 2.24. The van der Waals surface area contributed by atoms with Crippen LogP contribution in [0.4, 0.5) is 0 Å². The Morgan fingerprint density at radius 2 is 2.12 bits per heavy atom. The summed E-state index contributed by atoms with van der Waals surface area (Å²) < 4.78 is 28.5. The zero-order valence-corrected chi connectivity index (χ0v) is 15.6. The SMILES string of the molecule is CCCc1cc(CNC(=O)C2CCN(C3CCS(=O)(=O)C3)CC2)on1. The Labute approximate surface area is 149 Å². The van der Waals surface area contributed by atoms with Gasteiger partial charge in [0, 0.05) is 18.0 Å². The van der Waals surface area contributed by atoms with Crippen molar-refractivity contribution in [2.75, 3.05) is 24.6 Å². The summed E-state index contributed by atoms with van der Waals surface area (Å²) in [5, 5.41) is 6.91. The fourth-order valence-corrected chi connectivity index (χ4v) is 5.48. The average molecular weight is 369 g/mol. The van der Waals surface area contributed by atoms with Crippen LogP contribution in [0.25, 0.3) is 0 Å². The number of carbonyl (C=O) groups excluding carboxylic acids is 1. The standard InChI is InChI=1S/C17H27N3O4S/c1-2-3-14-10-16(24-19-14)11-18-17(21)13-4-7-20(8-5-13)15-6-9-25(22,23)12-15/h10,13,15H,2-9,11-12H2,1H3,(H,18,21). The van der Waals surface area contributed by atoms with Gasteiger partial charge >= 0.3 is 0 Å². The van der Waals surface area contributed by atoms with Gasteiger partial charge in [-0.15, -0.1) is 0 Å². The third kappa shape index (κ3) is 4.82. The molecular formula is C17H27N3O4S. The third-order valence-electron chi connectivity index (χ3n) is 5.18. The molecule has 1 N–H and O–H groups in total. The Kier molecular flexibility index (Phi) is 5.78. The Morgan fingerprint density at radius 3 is 2.76 bits per heavy atom. The molecule has 8 heteroatoms. The number of nitrogens with one attached hydrogen (secondary N) is 1. The van der Waals surface area contributed by atoms with Gasteiger partial charge in [0.2, 0.25) is 5.91 Å². The smallest absolute Gasteiger partial charge is 0.223 e. The summed E-state index contributed by atoms with van der Waals surface area (Å²) in [5.74, 6) is 1.30. The highest BCUT2D eigenvalue weighted by molar-refractivity contribution is 7.91. The molecule has 1 aromatic rings. The summed E-state index contributed by atoms with van der Waals surface area (Å²) in [4.78, 5) is 14.6. The molecule has 7 nitrogen and oxygen atoms in total. The van der Waals surface area contributed by atoms with Crippen molar-refractivity contribution in [3.63, 3.8) is 0 Å². The number of sulfone groups is 1. The molecule has 3 rings (SSSR count). The first-order valence-corrected chi connectivity index (χ1v) is 11.0. The number of carbonyl (C=O) groups is 1. The van der Waals surface area contributed by atoms with E-state index in [1.165, 1.54) is 0 Å². The summed E-state index contributed by atoms with van der Waals surface area (Å²) in [6, 6.07) is 2.03. The molecule has 2 aliphatic heterocycles. The van der Waals surface area contributed by atoms with Crippen LogP contribution >= 0.6 is 0 Å². The summed E-state index contributed by atoms with van der Waals surface area (Å²) in [5.41, 5.74) is 0.923. The number of amides is 1. The Balaban J connectivity index is 1.42. The van der Waals surface area contributed by atoms with Gasteiger partial charge < -0.3 is 9.84 Å². The summed E-state index contributed by atoms with van der Waals surface area (Å²) in [6.07, 6.45) is 4.18. The van der Waals surface area contributed by atoms with E-state index >= 15 is 0 Å². The maximum Gasteiger partial charge on any atom is 0.223 e. The van der Waals surface area contributed by atoms with E-state index in [9.17, 15) is 13.2 Å². The van der Waals surface area contributed by atoms with E-state index in [2.05, 4.69) is 22.3 Å². The average Bonchev–Trinajstić information content (AvgIpc) is 3.19. The first kappa shape index (κ1) is 18.4. The minimum atomic E-state index is -2.85. The lowest BCUT2D eigenvalue weighted by atomic mass is 9.94. The van der Waals surface area contributed by atoms with Gasteiger partial charge in [-0.05, 0) is 38.8 Å². The molecule has 2 saturated heterocycles. The van der Waals surface area contributed by atoms with Crippen molar-refractivity contribution in [1.82, 2.24) is 15.4 Å². The van der Waals surface area contributed by atoms with Gasteiger partial charge in [0.05, 0.1) is 23.7 Å². The summed E-state index contributed by atoms with van der Waals surface area (Å²) >= 11 is 0. The van der Waals surface area contributed by atoms with Gasteiger partial charge in [-0.1, -0.05) is 18.5 Å². The maximum absolute atomic E-state index is 12.3. The van der Waals surface area contributed by atoms with E-state index in [4.69, 9.17) is 4.52 Å². The summed E-state index contributed by atoms with van der Waals surface area (Å²) in [7, 11) is -2.85. The van der Waals surface area contributed by atoms with Crippen LogP contribution in [0, 0.1) is 5.92 Å². The highest BCUT2D eigenvalue weighted by Gasteiger charge is 2.35. The minimum Gasteiger partial charge on any atom is -0.359 e. The van der Waals surface area contributed by atoms with Crippen LogP contribution in [0.15, 0.2) is 10.6 Å². The van der Waals surface area contributed by atoms with Crippen LogP contribution in [-0.4, -0.2) is 55.0 Å². The molecule has 0 bridgehead atoms. The predicted molar refractivity (Wildman–Crippen MR) is 93.7 cm³/mol. The number of rotatable bonds is 6. The largest absolute Gasteiger partial charge is 0.359 e. The van der Waals surface area contributed by atoms with E-state index < -0.39 is 9.84 Å². The number of hydrogen-bond donors (Lipinski definition) is 1. The molecule has 2 fully saturated rings. The first-order chi connectivity index (χ1) is 12.0. The van der Waals surface area contributed by atoms with Crippen molar-refractivity contribution in [1.29, 1.82) is 0 Å². The molecule has 3 heterocycles. The second kappa shape index (κ2) is 7.86. The normalized spacial score (nSPS) is 24.4. The van der Waals surface area contributed by atoms with Gasteiger partial charge in [0.15, 0.2) is 15.6 Å². The maximum atomic E-state index is 12.3. The zero-order chi connectivity index (χ0) is 17.9. The van der Waals surface area contributed by atoms with Gasteiger partial charge in [-0.2, -0.15) is 0 Å². The van der Waals surface area contributed by atoms with Crippen LogP contribution < -0.4 is 5.32 Å². The van der Waals surface area contributed by atoms with Crippen LogP contribution in [0.2, 0.25) is 0 Å². The third-order valence-corrected chi connectivity index (χ3v) is 6.93. The molecule has 0 aliphatic carbocycles. The number of aryl methyl sites for hydroxylation is 1. The highest BCUT2D eigenvalue weighted by atomic mass is 32.2. The Hall–Kier alpha value is -1.41. The van der Waals surface area contributed by atoms with Gasteiger partial charge in [0.25, 0.3) is 0 Å². The lowest BCUT2D eigenvalue weighted by molar-refractivity contribution is -0.126. The number of aromatic nitrogens is 1. The number of piperidine rings is 1. The monoisotopic (exact) mass is 369 g/mol. The Morgan fingerprint density at radius 1 is 1.36 bits per heavy atom. The fourth-order valence-electron chi connectivity index (χ4n) is 3.72. The van der Waals surface area contributed by atoms with Gasteiger partial charge in [-0.3, -0.25) is 9.69 Å². The second-order valence-corrected chi connectivity index (χ2v) is 9.35. The van der Waals surface area contributed by atoms with Crippen molar-refractivity contribution < 1.29 is 17.7 Å². The topological polar surface area (TPSA) is 92.5 Å². The molecule has 1 unspecified atom stereocenters. The number of nitrogens with zero attached hydrogens (tertiary/aromatic N) is 2. The molecule has 140 valence electrons. The molecule has 25 heavy (non-hydrogen) atoms. The van der Waals surface area contributed by atoms with E-state index in [-0.39, 0.29) is 23.6 Å². The van der Waals surface area contributed by atoms with Crippen LogP contribution in [0.3, 0.4) is 0 Å². The van der Waals surface area contributed by atoms with Crippen LogP contribution in [-0.2, 0) is 27.6 Å². The molecule has 0 saturated carbocycles. The lowest BCUT2D eigenvalue weighted by Crippen LogP contribution is -2.45. The molecule has 1 atom stereocenters. The van der Waals surface area contributed by atoms with Crippen molar-refractivity contribution in [3.05, 3.63) is 17.5 Å². The predicted octanol–water partition coefficient (Wildman–Crippen LogP) is 1.14. The van der Waals surface area contributed by atoms with E-state index in [0.29, 0.717) is 18.1 Å². The molecule has 1 amide bonds. The number of hydrogen-bond acceptors (Lipinski definition) is 6. The molecule has 0 spiro atoms. The molecule has 1 aromatic heterocycles. The Bertz CT molecular complexity index is 693. The molecule has 0 radical (unpaired) electrons. The van der Waals surface area contributed by atoms with Gasteiger partial charge in [0.1, 0.15) is 0 Å². The summed E-state index contributed by atoms with van der Waals surface area (Å²) in [6.45, 7) is 4.04. The quantitative estimate of drug-likeness (QED) is 0.808. The van der Waals surface area contributed by atoms with Gasteiger partial charge in [-0.25, -0.2) is 8.42 Å². The van der Waals surface area contributed by atoms with Crippen molar-refractivity contribution in [2.45, 2.75) is 51.6 Å². The van der Waals surface area contributed by atoms with E-state index in [1.807, 2.05) is 6.07 Å². The lowest BCUT2D eigenvalue weighted by Gasteiger charge is -2.34. The zero-order valence-electron chi connectivity index (χ0n) is 14.7. The molecule has 0 aromatic carbocycles. The number of likely N-dealkylation sites (tertiary alicyclic amines) is 1. The van der Waals surface area contributed by atoms with Crippen LogP contribution in [0.1, 0.15) is 44.1 Å². The minimum absolute atomic E-state index is 0.00714. The van der Waals surface area contributed by atoms with Crippen molar-refractivity contribution >= 4 is 15.7 Å². The van der Waals surface area contributed by atoms with E-state index in [0.717, 1.165) is 50.9 Å². The first-order valence-electron chi connectivity index (χ1n) is 9.13. The van der Waals surface area contributed by atoms with Crippen LogP contribution in [0.5, 0.6) is 0 Å². The van der Waals surface area contributed by atoms with E-state index in [1.54, 1.807) is 0 Å². The fraction of sp³-hybridized carbons (Fsp3) is 0.765. The van der Waals surface area contributed by atoms with Crippen molar-refractivity contribution in [2.24, 2.45) is 5.92 Å². The molecule has 2 aliphatic rings. The molecular weight excluding hydrogens is 342 g/mol. The second-order valence-electron chi connectivity index (χ2n) is 7.12. The van der Waals surface area contributed by atoms with Crippen molar-refractivity contribution in [3.8, 4) is 0 Å².